The summed E-state index contributed by atoms with van der Waals surface area (Å²) < 4.78 is 0. The number of phenols is 2. The first kappa shape index (κ1) is 41.7. The molecule has 9 aromatic rings. The number of fused-ring (bicyclic) bond motifs is 14. The summed E-state index contributed by atoms with van der Waals surface area (Å²) in [6, 6.07) is 43.1. The van der Waals surface area contributed by atoms with Crippen LogP contribution in [0.3, 0.4) is 0 Å². The molecule has 0 amide bonds. The number of hydrogen-bond acceptors (Lipinski definition) is 5. The smallest absolute Gasteiger partial charge is 0.134 e. The van der Waals surface area contributed by atoms with E-state index in [1.165, 1.54) is 0 Å². The van der Waals surface area contributed by atoms with E-state index in [9.17, 15) is 10.2 Å². The van der Waals surface area contributed by atoms with Crippen LogP contribution in [0.25, 0.3) is 99.8 Å². The number of rotatable bonds is 2. The van der Waals surface area contributed by atoms with Crippen molar-refractivity contribution in [2.45, 2.75) is 52.4 Å². The standard InChI is InChI=1S/C53H43N4O2.2Co/c1-52(2,3)35-26-37-41-22-24-45(54-41)47(32-14-12-31(13-15-32)30-10-8-7-9-11-30)46-25-23-42(55-46)38-27-36(53(4,5)6)29-40(51(38)59)44-21-19-34-17-16-33-18-20-43(39(28-35)50(37)58)56-48(33)49(34)57-44;;/h7-29H,1-6H3,(H2-,54,55,56,57,58,59);;/q-1;;. The number of nitrogens with zero attached hydrogens (tertiary/aromatic N) is 4. The molecule has 0 fully saturated rings. The first-order chi connectivity index (χ1) is 28.3. The van der Waals surface area contributed by atoms with E-state index in [1.807, 2.05) is 91.0 Å². The molecule has 4 aromatic heterocycles. The van der Waals surface area contributed by atoms with Crippen LogP contribution in [-0.4, -0.2) is 25.2 Å². The van der Waals surface area contributed by atoms with Crippen LogP contribution < -0.4 is 4.98 Å². The molecule has 0 spiro atoms. The SMILES string of the molecule is CC(C)(C)c1cc2c3nc(c(-c4ccc(-c5ccccc5)cc4)c4ccc([n-]4)c4cc(C(C)(C)C)cc(c4O)c4ccc5ccc6ccc(nc6c5n4)c(c1)c2O)C=C3.[Co].[Co]. The van der Waals surface area contributed by atoms with E-state index in [0.29, 0.717) is 54.8 Å². The Kier molecular flexibility index (Phi) is 10.6. The van der Waals surface area contributed by atoms with Gasteiger partial charge in [-0.1, -0.05) is 133 Å². The minimum Gasteiger partial charge on any atom is -0.657 e. The van der Waals surface area contributed by atoms with Gasteiger partial charge in [-0.3, -0.25) is 0 Å². The molecule has 10 rings (SSSR count). The second-order valence-corrected chi connectivity index (χ2v) is 17.7. The van der Waals surface area contributed by atoms with Crippen molar-refractivity contribution in [2.75, 3.05) is 0 Å². The molecule has 6 nitrogen and oxygen atoms in total. The minimum absolute atomic E-state index is 0. The molecule has 0 aliphatic carbocycles. The van der Waals surface area contributed by atoms with Gasteiger partial charge < -0.3 is 15.2 Å². The van der Waals surface area contributed by atoms with Crippen molar-refractivity contribution in [1.82, 2.24) is 19.9 Å². The second-order valence-electron chi connectivity index (χ2n) is 17.7. The average Bonchev–Trinajstić information content (AvgIpc) is 3.91. The van der Waals surface area contributed by atoms with Gasteiger partial charge in [-0.2, -0.15) is 0 Å². The quantitative estimate of drug-likeness (QED) is 0.168. The van der Waals surface area contributed by atoms with Crippen LogP contribution in [0.2, 0.25) is 0 Å². The van der Waals surface area contributed by atoms with Crippen molar-refractivity contribution in [3.8, 4) is 33.8 Å². The van der Waals surface area contributed by atoms with Crippen molar-refractivity contribution in [1.29, 1.82) is 0 Å². The van der Waals surface area contributed by atoms with Gasteiger partial charge in [0.2, 0.25) is 0 Å². The van der Waals surface area contributed by atoms with Crippen LogP contribution in [0, 0.1) is 0 Å². The minimum atomic E-state index is -0.239. The van der Waals surface area contributed by atoms with E-state index in [4.69, 9.17) is 19.9 Å². The number of hydrogen-bond donors (Lipinski definition) is 2. The zero-order chi connectivity index (χ0) is 40.8. The Morgan fingerprint density at radius 2 is 0.902 bits per heavy atom. The number of pyridine rings is 2. The maximum Gasteiger partial charge on any atom is 0.134 e. The molecule has 12 bridgehead atoms. The fourth-order valence-electron chi connectivity index (χ4n) is 8.17. The molecule has 0 saturated heterocycles. The number of aromatic nitrogens is 4. The Balaban J connectivity index is 0.00000257. The maximum absolute atomic E-state index is 12.2. The molecule has 0 unspecified atom stereocenters. The van der Waals surface area contributed by atoms with Crippen LogP contribution in [0.15, 0.2) is 127 Å². The molecule has 8 heteroatoms. The van der Waals surface area contributed by atoms with Gasteiger partial charge in [0.1, 0.15) is 11.5 Å². The Bertz CT molecular complexity index is 3360. The van der Waals surface area contributed by atoms with E-state index >= 15 is 0 Å². The molecule has 5 heterocycles. The first-order valence-corrected chi connectivity index (χ1v) is 20.1. The molecule has 61 heavy (non-hydrogen) atoms. The summed E-state index contributed by atoms with van der Waals surface area (Å²) in [5, 5.41) is 28.8. The van der Waals surface area contributed by atoms with Gasteiger partial charge in [-0.25, -0.2) is 15.0 Å². The number of aromatic hydroxyl groups is 2. The van der Waals surface area contributed by atoms with Gasteiger partial charge >= 0.3 is 0 Å². The number of phenolic OH excluding ortho intramolecular Hbond substituents is 2. The van der Waals surface area contributed by atoms with E-state index in [1.54, 1.807) is 0 Å². The second kappa shape index (κ2) is 15.5. The van der Waals surface area contributed by atoms with Gasteiger partial charge in [0.15, 0.2) is 0 Å². The third kappa shape index (κ3) is 7.33. The normalized spacial score (nSPS) is 12.2. The monoisotopic (exact) mass is 885 g/mol. The summed E-state index contributed by atoms with van der Waals surface area (Å²) >= 11 is 0. The molecule has 306 valence electrons. The van der Waals surface area contributed by atoms with Gasteiger partial charge in [0, 0.05) is 65.9 Å². The van der Waals surface area contributed by atoms with Crippen LogP contribution in [0.4, 0.5) is 0 Å². The summed E-state index contributed by atoms with van der Waals surface area (Å²) in [6.07, 6.45) is 3.98. The Morgan fingerprint density at radius 3 is 1.48 bits per heavy atom. The molecule has 2 radical (unpaired) electrons. The Labute approximate surface area is 375 Å². The van der Waals surface area contributed by atoms with Gasteiger partial charge in [0.05, 0.1) is 33.5 Å². The van der Waals surface area contributed by atoms with Crippen molar-refractivity contribution < 1.29 is 43.8 Å². The van der Waals surface area contributed by atoms with Gasteiger partial charge in [-0.15, -0.1) is 11.0 Å². The van der Waals surface area contributed by atoms with Crippen LogP contribution in [-0.2, 0) is 44.4 Å². The summed E-state index contributed by atoms with van der Waals surface area (Å²) in [6.45, 7) is 13.0. The molecule has 0 atom stereocenters. The third-order valence-corrected chi connectivity index (χ3v) is 11.6. The zero-order valence-electron chi connectivity index (χ0n) is 34.6. The topological polar surface area (TPSA) is 93.2 Å². The largest absolute Gasteiger partial charge is 0.657 e. The van der Waals surface area contributed by atoms with E-state index < -0.39 is 0 Å². The molecular weight excluding hydrogens is 842 g/mol. The molecule has 1 aliphatic rings. The average molecular weight is 886 g/mol. The summed E-state index contributed by atoms with van der Waals surface area (Å²) in [4.78, 5) is 21.0. The van der Waals surface area contributed by atoms with Crippen molar-refractivity contribution in [2.24, 2.45) is 0 Å². The van der Waals surface area contributed by atoms with Crippen molar-refractivity contribution >= 4 is 77.6 Å². The molecule has 1 aliphatic heterocycles. The van der Waals surface area contributed by atoms with E-state index in [-0.39, 0.29) is 55.9 Å². The Hall–Kier alpha value is -6.04. The van der Waals surface area contributed by atoms with Gasteiger partial charge in [0.25, 0.3) is 0 Å². The third-order valence-electron chi connectivity index (χ3n) is 11.6. The predicted molar refractivity (Wildman–Crippen MR) is 245 cm³/mol. The van der Waals surface area contributed by atoms with Gasteiger partial charge in [-0.05, 0) is 92.8 Å². The van der Waals surface area contributed by atoms with Crippen molar-refractivity contribution in [3.63, 3.8) is 0 Å². The maximum atomic E-state index is 12.2. The van der Waals surface area contributed by atoms with E-state index in [0.717, 1.165) is 55.4 Å². The van der Waals surface area contributed by atoms with E-state index in [2.05, 4.69) is 90.1 Å². The summed E-state index contributed by atoms with van der Waals surface area (Å²) in [7, 11) is 0. The van der Waals surface area contributed by atoms with Crippen LogP contribution >= 0.6 is 0 Å². The summed E-state index contributed by atoms with van der Waals surface area (Å²) in [5.41, 5.74) is 11.0. The molecule has 5 aromatic carbocycles. The van der Waals surface area contributed by atoms with Crippen LogP contribution in [0.5, 0.6) is 11.5 Å². The fourth-order valence-corrected chi connectivity index (χ4v) is 8.17. The summed E-state index contributed by atoms with van der Waals surface area (Å²) in [5.74, 6) is 0.221. The predicted octanol–water partition coefficient (Wildman–Crippen LogP) is 13.3. The zero-order valence-corrected chi connectivity index (χ0v) is 36.7. The Morgan fingerprint density at radius 1 is 0.443 bits per heavy atom. The first-order valence-electron chi connectivity index (χ1n) is 20.1. The van der Waals surface area contributed by atoms with Crippen LogP contribution in [0.1, 0.15) is 64.1 Å². The fraction of sp³-hybridized carbons (Fsp3) is 0.151. The van der Waals surface area contributed by atoms with Crippen molar-refractivity contribution in [3.05, 3.63) is 150 Å². The molecular formula is C53H43Co2N4O2-. The number of benzene rings is 5. The molecule has 2 N–H and O–H groups in total. The molecule has 0 saturated carbocycles.